The minimum atomic E-state index is 0. The van der Waals surface area contributed by atoms with Gasteiger partial charge in [0.25, 0.3) is 0 Å². The van der Waals surface area contributed by atoms with E-state index in [1.54, 1.807) is 0 Å². The van der Waals surface area contributed by atoms with Gasteiger partial charge in [-0.2, -0.15) is 17.7 Å². The third-order valence-corrected chi connectivity index (χ3v) is 6.27. The molecule has 0 spiro atoms. The number of fused-ring (bicyclic) bond motifs is 2. The Morgan fingerprint density at radius 1 is 0.743 bits per heavy atom. The average molecular weight is 663 g/mol. The molecule has 6 rings (SSSR count). The maximum Gasteiger partial charge on any atom is 4.00 e. The predicted octanol–water partition coefficient (Wildman–Crippen LogP) is 2.12. The van der Waals surface area contributed by atoms with Gasteiger partial charge in [-0.3, -0.25) is 0 Å². The van der Waals surface area contributed by atoms with Crippen molar-refractivity contribution in [1.29, 1.82) is 0 Å². The molecule has 0 N–H and O–H groups in total. The summed E-state index contributed by atoms with van der Waals surface area (Å²) in [5.74, 6) is 0. The Bertz CT molecular complexity index is 1430. The number of aromatic nitrogens is 1. The predicted molar refractivity (Wildman–Crippen MR) is 137 cm³/mol. The number of aryl methyl sites for hydroxylation is 1. The maximum atomic E-state index is 2.37. The molecule has 6 aromatic rings. The molecule has 0 fully saturated rings. The summed E-state index contributed by atoms with van der Waals surface area (Å²) in [7, 11) is 0. The van der Waals surface area contributed by atoms with Crippen LogP contribution in [0.25, 0.3) is 27.4 Å². The van der Waals surface area contributed by atoms with Crippen molar-refractivity contribution in [3.8, 4) is 5.69 Å². The Labute approximate surface area is 239 Å². The number of halogens is 2. The van der Waals surface area contributed by atoms with Gasteiger partial charge >= 0.3 is 25.8 Å². The number of rotatable bonds is 3. The molecule has 5 aromatic carbocycles. The fourth-order valence-corrected chi connectivity index (χ4v) is 4.49. The van der Waals surface area contributed by atoms with E-state index >= 15 is 0 Å². The molecule has 0 saturated carbocycles. The van der Waals surface area contributed by atoms with E-state index in [0.29, 0.717) is 0 Å². The summed E-state index contributed by atoms with van der Waals surface area (Å²) in [5, 5.41) is 3.95. The first kappa shape index (κ1) is 28.8. The van der Waals surface area contributed by atoms with E-state index in [1.807, 2.05) is 0 Å². The fraction of sp³-hybridized carbons (Fsp3) is 0.0968. The van der Waals surface area contributed by atoms with E-state index in [-0.39, 0.29) is 50.7 Å². The van der Waals surface area contributed by atoms with E-state index in [4.69, 9.17) is 0 Å². The van der Waals surface area contributed by atoms with Gasteiger partial charge in [0.2, 0.25) is 0 Å². The number of hydrogen-bond acceptors (Lipinski definition) is 0. The van der Waals surface area contributed by atoms with Crippen LogP contribution >= 0.6 is 0 Å². The second kappa shape index (κ2) is 13.1. The van der Waals surface area contributed by atoms with Crippen molar-refractivity contribution in [3.63, 3.8) is 0 Å². The largest absolute Gasteiger partial charge is 4.00 e. The molecule has 1 heterocycles. The minimum Gasteiger partial charge on any atom is -1.00 e. The Morgan fingerprint density at radius 3 is 2.09 bits per heavy atom. The molecule has 0 aliphatic heterocycles. The Kier molecular flexibility index (Phi) is 10.8. The van der Waals surface area contributed by atoms with Crippen molar-refractivity contribution in [2.75, 3.05) is 0 Å². The summed E-state index contributed by atoms with van der Waals surface area (Å²) in [4.78, 5) is 0. The first-order chi connectivity index (χ1) is 15.7. The van der Waals surface area contributed by atoms with Crippen LogP contribution in [0.5, 0.6) is 0 Å². The van der Waals surface area contributed by atoms with E-state index in [9.17, 15) is 0 Å². The van der Waals surface area contributed by atoms with Gasteiger partial charge in [-0.25, -0.2) is 12.1 Å². The van der Waals surface area contributed by atoms with Gasteiger partial charge in [0.1, 0.15) is 0 Å². The van der Waals surface area contributed by atoms with Crippen molar-refractivity contribution >= 4 is 21.7 Å². The van der Waals surface area contributed by atoms with Gasteiger partial charge in [0.15, 0.2) is 0 Å². The summed E-state index contributed by atoms with van der Waals surface area (Å²) < 4.78 is 2.37. The molecule has 4 heteroatoms. The van der Waals surface area contributed by atoms with Gasteiger partial charge in [-0.15, -0.1) is 41.1 Å². The number of hydrogen-bond donors (Lipinski definition) is 0. The third-order valence-electron chi connectivity index (χ3n) is 6.27. The molecule has 0 aliphatic carbocycles. The normalized spacial score (nSPS) is 10.0. The quantitative estimate of drug-likeness (QED) is 0.202. The van der Waals surface area contributed by atoms with Crippen molar-refractivity contribution in [2.24, 2.45) is 0 Å². The Morgan fingerprint density at radius 2 is 1.37 bits per heavy atom. The Balaban J connectivity index is 0.000000252. The van der Waals surface area contributed by atoms with Gasteiger partial charge in [-0.1, -0.05) is 60.2 Å². The molecule has 0 amide bonds. The van der Waals surface area contributed by atoms with Crippen LogP contribution < -0.4 is 24.8 Å². The third kappa shape index (κ3) is 6.25. The molecule has 0 aliphatic rings. The van der Waals surface area contributed by atoms with Gasteiger partial charge in [0.05, 0.1) is 5.52 Å². The van der Waals surface area contributed by atoms with Gasteiger partial charge in [0, 0.05) is 11.1 Å². The van der Waals surface area contributed by atoms with Crippen LogP contribution in [0.1, 0.15) is 22.4 Å². The summed E-state index contributed by atoms with van der Waals surface area (Å²) in [6.07, 6.45) is 1.05. The fourth-order valence-electron chi connectivity index (χ4n) is 4.49. The minimum absolute atomic E-state index is 0. The van der Waals surface area contributed by atoms with Crippen LogP contribution in [0.4, 0.5) is 0 Å². The van der Waals surface area contributed by atoms with Crippen molar-refractivity contribution in [2.45, 2.75) is 20.3 Å². The molecule has 174 valence electrons. The van der Waals surface area contributed by atoms with E-state index in [1.165, 1.54) is 49.7 Å². The van der Waals surface area contributed by atoms with Crippen LogP contribution in [-0.4, -0.2) is 4.57 Å². The number of benzene rings is 3. The molecular formula is C31H27Cl2HfN. The monoisotopic (exact) mass is 663 g/mol. The van der Waals surface area contributed by atoms with Crippen LogP contribution in [-0.2, 0) is 32.3 Å². The van der Waals surface area contributed by atoms with Crippen molar-refractivity contribution < 1.29 is 50.7 Å². The smallest absolute Gasteiger partial charge is 1.00 e. The van der Waals surface area contributed by atoms with E-state index in [0.717, 1.165) is 6.42 Å². The molecular weight excluding hydrogens is 636 g/mol. The Hall–Kier alpha value is -2.39. The summed E-state index contributed by atoms with van der Waals surface area (Å²) in [5.41, 5.74) is 8.00. The van der Waals surface area contributed by atoms with Crippen molar-refractivity contribution in [1.82, 2.24) is 4.57 Å². The second-order valence-electron chi connectivity index (χ2n) is 8.36. The first-order valence-electron chi connectivity index (χ1n) is 11.2. The van der Waals surface area contributed by atoms with Crippen LogP contribution in [0.2, 0.25) is 0 Å². The molecule has 0 saturated heterocycles. The molecule has 1 aromatic heterocycles. The van der Waals surface area contributed by atoms with Crippen LogP contribution in [0.3, 0.4) is 0 Å². The molecule has 0 bridgehead atoms. The number of nitrogens with zero attached hydrogens (tertiary/aromatic N) is 1. The molecule has 0 radical (unpaired) electrons. The summed E-state index contributed by atoms with van der Waals surface area (Å²) in [6, 6.07) is 40.7. The summed E-state index contributed by atoms with van der Waals surface area (Å²) >= 11 is 0. The van der Waals surface area contributed by atoms with E-state index < -0.39 is 0 Å². The standard InChI is InChI=1S/C19H16N.C12H11.2ClH.Hf/c1-13-14(2)20(19-10-6-5-9-18(13)19)17-11-15-7-3-4-8-16(15)12-17;1-2-6-11(7-3-1)10-12-8-4-5-9-12;;;/h3-12H,1-2H3;1-9H,10H2;2*1H;/q2*-1;;;+4/p-2. The maximum absolute atomic E-state index is 2.37. The zero-order valence-electron chi connectivity index (χ0n) is 19.9. The molecule has 0 atom stereocenters. The van der Waals surface area contributed by atoms with Crippen molar-refractivity contribution in [3.05, 3.63) is 138 Å². The first-order valence-corrected chi connectivity index (χ1v) is 11.2. The van der Waals surface area contributed by atoms with Crippen LogP contribution in [0, 0.1) is 13.8 Å². The van der Waals surface area contributed by atoms with Gasteiger partial charge in [-0.05, 0) is 37.6 Å². The average Bonchev–Trinajstić information content (AvgIpc) is 3.54. The molecule has 35 heavy (non-hydrogen) atoms. The summed E-state index contributed by atoms with van der Waals surface area (Å²) in [6.45, 7) is 4.41. The zero-order chi connectivity index (χ0) is 21.9. The molecule has 1 nitrogen and oxygen atoms in total. The zero-order valence-corrected chi connectivity index (χ0v) is 25.0. The SMILES string of the molecule is Cc1c(C)n(-c2cc3ccccc3[cH-]2)c2ccccc12.[Cl-].[Cl-].[Hf+4].c1ccc(C[c-]2cccc2)cc1. The van der Waals surface area contributed by atoms with Gasteiger partial charge < -0.3 is 29.4 Å². The van der Waals surface area contributed by atoms with E-state index in [2.05, 4.69) is 134 Å². The topological polar surface area (TPSA) is 4.93 Å². The van der Waals surface area contributed by atoms with Crippen LogP contribution in [0.15, 0.2) is 115 Å². The number of para-hydroxylation sites is 1. The molecule has 0 unspecified atom stereocenters. The second-order valence-corrected chi connectivity index (χ2v) is 8.36.